The SMILES string of the molecule is CNCCc1ccc2c(c1)CC(C)N2S(C)(=O)=O. The molecule has 5 heteroatoms. The number of nitrogens with zero attached hydrogens (tertiary/aromatic N) is 1. The van der Waals surface area contributed by atoms with Crippen molar-refractivity contribution in [1.82, 2.24) is 5.32 Å². The maximum Gasteiger partial charge on any atom is 0.232 e. The molecule has 0 amide bonds. The van der Waals surface area contributed by atoms with Crippen LogP contribution < -0.4 is 9.62 Å². The molecule has 0 spiro atoms. The molecule has 1 unspecified atom stereocenters. The van der Waals surface area contributed by atoms with Gasteiger partial charge in [0.15, 0.2) is 0 Å². The molecule has 0 bridgehead atoms. The van der Waals surface area contributed by atoms with Crippen molar-refractivity contribution in [2.75, 3.05) is 24.2 Å². The normalized spacial score (nSPS) is 19.1. The van der Waals surface area contributed by atoms with Gasteiger partial charge in [-0.15, -0.1) is 0 Å². The molecular formula is C13H20N2O2S. The van der Waals surface area contributed by atoms with Crippen molar-refractivity contribution in [3.8, 4) is 0 Å². The van der Waals surface area contributed by atoms with Crippen LogP contribution in [0.2, 0.25) is 0 Å². The highest BCUT2D eigenvalue weighted by molar-refractivity contribution is 7.92. The molecular weight excluding hydrogens is 248 g/mol. The highest BCUT2D eigenvalue weighted by atomic mass is 32.2. The van der Waals surface area contributed by atoms with Crippen LogP contribution in [0.1, 0.15) is 18.1 Å². The fourth-order valence-corrected chi connectivity index (χ4v) is 3.85. The molecule has 0 aliphatic carbocycles. The Morgan fingerprint density at radius 1 is 1.44 bits per heavy atom. The second kappa shape index (κ2) is 4.90. The van der Waals surface area contributed by atoms with Crippen LogP contribution in [-0.4, -0.2) is 34.3 Å². The zero-order valence-electron chi connectivity index (χ0n) is 11.1. The van der Waals surface area contributed by atoms with E-state index in [2.05, 4.69) is 11.4 Å². The van der Waals surface area contributed by atoms with Crippen LogP contribution in [0.3, 0.4) is 0 Å². The first kappa shape index (κ1) is 13.4. The number of nitrogens with one attached hydrogen (secondary N) is 1. The lowest BCUT2D eigenvalue weighted by atomic mass is 10.1. The van der Waals surface area contributed by atoms with Gasteiger partial charge in [-0.25, -0.2) is 8.42 Å². The summed E-state index contributed by atoms with van der Waals surface area (Å²) in [5, 5.41) is 3.12. The molecule has 1 aromatic carbocycles. The van der Waals surface area contributed by atoms with Gasteiger partial charge in [0.1, 0.15) is 0 Å². The number of fused-ring (bicyclic) bond motifs is 1. The second-order valence-electron chi connectivity index (χ2n) is 4.93. The molecule has 1 aliphatic heterocycles. The molecule has 1 heterocycles. The van der Waals surface area contributed by atoms with Crippen molar-refractivity contribution < 1.29 is 8.42 Å². The Kier molecular flexibility index (Phi) is 3.64. The third-order valence-corrected chi connectivity index (χ3v) is 4.59. The van der Waals surface area contributed by atoms with Gasteiger partial charge in [-0.3, -0.25) is 4.31 Å². The molecule has 1 N–H and O–H groups in total. The number of sulfonamides is 1. The number of benzene rings is 1. The molecule has 0 radical (unpaired) electrons. The zero-order chi connectivity index (χ0) is 13.3. The number of likely N-dealkylation sites (N-methyl/N-ethyl adjacent to an activating group) is 1. The first-order chi connectivity index (χ1) is 8.43. The lowest BCUT2D eigenvalue weighted by Gasteiger charge is -2.22. The smallest absolute Gasteiger partial charge is 0.232 e. The standard InChI is InChI=1S/C13H20N2O2S/c1-10-8-12-9-11(6-7-14-2)4-5-13(12)15(10)18(3,16)17/h4-5,9-10,14H,6-8H2,1-3H3. The van der Waals surface area contributed by atoms with E-state index >= 15 is 0 Å². The Morgan fingerprint density at radius 3 is 2.78 bits per heavy atom. The maximum atomic E-state index is 11.8. The molecule has 100 valence electrons. The van der Waals surface area contributed by atoms with E-state index in [1.54, 1.807) is 0 Å². The number of anilines is 1. The van der Waals surface area contributed by atoms with E-state index in [-0.39, 0.29) is 6.04 Å². The Hall–Kier alpha value is -1.07. The second-order valence-corrected chi connectivity index (χ2v) is 6.79. The van der Waals surface area contributed by atoms with Gasteiger partial charge in [-0.2, -0.15) is 0 Å². The van der Waals surface area contributed by atoms with Crippen LogP contribution in [-0.2, 0) is 22.9 Å². The topological polar surface area (TPSA) is 49.4 Å². The summed E-state index contributed by atoms with van der Waals surface area (Å²) in [5.41, 5.74) is 3.24. The lowest BCUT2D eigenvalue weighted by Crippen LogP contribution is -2.34. The summed E-state index contributed by atoms with van der Waals surface area (Å²) in [6.45, 7) is 2.89. The average Bonchev–Trinajstić information content (AvgIpc) is 2.60. The van der Waals surface area contributed by atoms with Gasteiger partial charge in [0.25, 0.3) is 0 Å². The van der Waals surface area contributed by atoms with E-state index < -0.39 is 10.0 Å². The Bertz CT molecular complexity index is 540. The van der Waals surface area contributed by atoms with Gasteiger partial charge in [0.2, 0.25) is 10.0 Å². The molecule has 2 rings (SSSR count). The van der Waals surface area contributed by atoms with Gasteiger partial charge in [0, 0.05) is 6.04 Å². The van der Waals surface area contributed by atoms with Crippen molar-refractivity contribution in [3.05, 3.63) is 29.3 Å². The Balaban J connectivity index is 2.32. The van der Waals surface area contributed by atoms with Crippen LogP contribution in [0.15, 0.2) is 18.2 Å². The Morgan fingerprint density at radius 2 is 2.17 bits per heavy atom. The van der Waals surface area contributed by atoms with Crippen LogP contribution in [0.4, 0.5) is 5.69 Å². The lowest BCUT2D eigenvalue weighted by molar-refractivity contribution is 0.590. The van der Waals surface area contributed by atoms with Gasteiger partial charge in [-0.1, -0.05) is 12.1 Å². The summed E-state index contributed by atoms with van der Waals surface area (Å²) in [5.74, 6) is 0. The molecule has 1 aliphatic rings. The fourth-order valence-electron chi connectivity index (χ4n) is 2.59. The van der Waals surface area contributed by atoms with E-state index in [0.717, 1.165) is 30.6 Å². The number of hydrogen-bond donors (Lipinski definition) is 1. The van der Waals surface area contributed by atoms with Crippen LogP contribution in [0.25, 0.3) is 0 Å². The fraction of sp³-hybridized carbons (Fsp3) is 0.538. The minimum atomic E-state index is -3.17. The molecule has 18 heavy (non-hydrogen) atoms. The monoisotopic (exact) mass is 268 g/mol. The molecule has 0 aromatic heterocycles. The molecule has 0 saturated heterocycles. The number of rotatable bonds is 4. The van der Waals surface area contributed by atoms with Crippen LogP contribution in [0, 0.1) is 0 Å². The molecule has 0 saturated carbocycles. The van der Waals surface area contributed by atoms with Crippen LogP contribution >= 0.6 is 0 Å². The Labute approximate surface area is 109 Å². The third-order valence-electron chi connectivity index (χ3n) is 3.32. The van der Waals surface area contributed by atoms with Crippen molar-refractivity contribution in [2.45, 2.75) is 25.8 Å². The first-order valence-electron chi connectivity index (χ1n) is 6.19. The van der Waals surface area contributed by atoms with E-state index in [4.69, 9.17) is 0 Å². The van der Waals surface area contributed by atoms with Crippen molar-refractivity contribution in [3.63, 3.8) is 0 Å². The molecule has 4 nitrogen and oxygen atoms in total. The summed E-state index contributed by atoms with van der Waals surface area (Å²) >= 11 is 0. The number of hydrogen-bond acceptors (Lipinski definition) is 3. The van der Waals surface area contributed by atoms with Gasteiger partial charge in [0.05, 0.1) is 11.9 Å². The summed E-state index contributed by atoms with van der Waals surface area (Å²) < 4.78 is 25.1. The van der Waals surface area contributed by atoms with Gasteiger partial charge < -0.3 is 5.32 Å². The predicted molar refractivity (Wildman–Crippen MR) is 74.6 cm³/mol. The van der Waals surface area contributed by atoms with E-state index in [0.29, 0.717) is 0 Å². The largest absolute Gasteiger partial charge is 0.319 e. The van der Waals surface area contributed by atoms with E-state index in [1.807, 2.05) is 26.1 Å². The van der Waals surface area contributed by atoms with E-state index in [9.17, 15) is 8.42 Å². The average molecular weight is 268 g/mol. The summed E-state index contributed by atoms with van der Waals surface area (Å²) in [4.78, 5) is 0. The van der Waals surface area contributed by atoms with Crippen molar-refractivity contribution in [2.24, 2.45) is 0 Å². The predicted octanol–water partition coefficient (Wildman–Crippen LogP) is 1.16. The van der Waals surface area contributed by atoms with E-state index in [1.165, 1.54) is 16.1 Å². The van der Waals surface area contributed by atoms with Crippen molar-refractivity contribution >= 4 is 15.7 Å². The zero-order valence-corrected chi connectivity index (χ0v) is 11.9. The summed E-state index contributed by atoms with van der Waals surface area (Å²) in [7, 11) is -1.24. The van der Waals surface area contributed by atoms with Crippen molar-refractivity contribution in [1.29, 1.82) is 0 Å². The summed E-state index contributed by atoms with van der Waals surface area (Å²) in [6, 6.07) is 6.11. The quantitative estimate of drug-likeness (QED) is 0.891. The van der Waals surface area contributed by atoms with Gasteiger partial charge >= 0.3 is 0 Å². The minimum Gasteiger partial charge on any atom is -0.319 e. The highest BCUT2D eigenvalue weighted by Gasteiger charge is 2.32. The third kappa shape index (κ3) is 2.52. The highest BCUT2D eigenvalue weighted by Crippen LogP contribution is 2.34. The first-order valence-corrected chi connectivity index (χ1v) is 8.04. The summed E-state index contributed by atoms with van der Waals surface area (Å²) in [6.07, 6.45) is 3.04. The maximum absolute atomic E-state index is 11.8. The van der Waals surface area contributed by atoms with Gasteiger partial charge in [-0.05, 0) is 50.6 Å². The molecule has 1 atom stereocenters. The van der Waals surface area contributed by atoms with Crippen LogP contribution in [0.5, 0.6) is 0 Å². The molecule has 0 fully saturated rings. The molecule has 1 aromatic rings. The minimum absolute atomic E-state index is 0.0227.